The molecule has 2 unspecified atom stereocenters. The van der Waals surface area contributed by atoms with E-state index in [1.807, 2.05) is 0 Å². The van der Waals surface area contributed by atoms with E-state index in [2.05, 4.69) is 20.8 Å². The highest BCUT2D eigenvalue weighted by Gasteiger charge is 2.60. The summed E-state index contributed by atoms with van der Waals surface area (Å²) in [7, 11) is 0. The third kappa shape index (κ3) is 1.62. The second kappa shape index (κ2) is 2.78. The third-order valence-electron chi connectivity index (χ3n) is 4.57. The minimum Gasteiger partial charge on any atom is -0.347 e. The zero-order chi connectivity index (χ0) is 10.7. The summed E-state index contributed by atoms with van der Waals surface area (Å²) < 4.78 is 11.9. The second-order valence-corrected chi connectivity index (χ2v) is 6.88. The first-order chi connectivity index (χ1) is 6.93. The van der Waals surface area contributed by atoms with Crippen LogP contribution in [0.25, 0.3) is 0 Å². The van der Waals surface area contributed by atoms with E-state index in [0.29, 0.717) is 10.8 Å². The fourth-order valence-electron chi connectivity index (χ4n) is 3.89. The van der Waals surface area contributed by atoms with Gasteiger partial charge >= 0.3 is 0 Å². The molecule has 3 aliphatic rings. The van der Waals surface area contributed by atoms with Crippen molar-refractivity contribution < 1.29 is 9.47 Å². The molecular weight excluding hydrogens is 188 g/mol. The Labute approximate surface area is 92.3 Å². The fourth-order valence-corrected chi connectivity index (χ4v) is 3.89. The molecule has 0 aromatic rings. The van der Waals surface area contributed by atoms with Crippen molar-refractivity contribution in [2.75, 3.05) is 13.2 Å². The molecule has 1 saturated heterocycles. The van der Waals surface area contributed by atoms with Crippen LogP contribution in [0.4, 0.5) is 0 Å². The van der Waals surface area contributed by atoms with Crippen molar-refractivity contribution in [1.29, 1.82) is 0 Å². The van der Waals surface area contributed by atoms with Crippen molar-refractivity contribution >= 4 is 0 Å². The van der Waals surface area contributed by atoms with E-state index in [4.69, 9.17) is 9.47 Å². The van der Waals surface area contributed by atoms with Gasteiger partial charge in [-0.25, -0.2) is 0 Å². The molecule has 86 valence electrons. The molecule has 2 saturated carbocycles. The maximum Gasteiger partial charge on any atom is 0.169 e. The van der Waals surface area contributed by atoms with Crippen molar-refractivity contribution in [3.05, 3.63) is 0 Å². The number of fused-ring (bicyclic) bond motifs is 1. The summed E-state index contributed by atoms with van der Waals surface area (Å²) in [5, 5.41) is 0. The highest BCUT2D eigenvalue weighted by molar-refractivity contribution is 5.07. The standard InChI is InChI=1S/C13H22O2/c1-11(2)6-10-7-12(10,3)9-13(8-11)14-4-5-15-13/h10H,4-9H2,1-3H3. The van der Waals surface area contributed by atoms with Gasteiger partial charge in [0.05, 0.1) is 13.2 Å². The summed E-state index contributed by atoms with van der Waals surface area (Å²) in [6, 6.07) is 0. The topological polar surface area (TPSA) is 18.5 Å². The van der Waals surface area contributed by atoms with Crippen LogP contribution in [0, 0.1) is 16.7 Å². The molecule has 3 fully saturated rings. The van der Waals surface area contributed by atoms with Gasteiger partial charge < -0.3 is 9.47 Å². The fraction of sp³-hybridized carbons (Fsp3) is 1.00. The van der Waals surface area contributed by atoms with E-state index < -0.39 is 0 Å². The van der Waals surface area contributed by atoms with Gasteiger partial charge in [0.25, 0.3) is 0 Å². The summed E-state index contributed by atoms with van der Waals surface area (Å²) in [6.45, 7) is 8.72. The molecule has 0 N–H and O–H groups in total. The molecule has 3 rings (SSSR count). The lowest BCUT2D eigenvalue weighted by molar-refractivity contribution is -0.187. The lowest BCUT2D eigenvalue weighted by Crippen LogP contribution is -2.36. The highest BCUT2D eigenvalue weighted by Crippen LogP contribution is 2.65. The molecule has 0 amide bonds. The van der Waals surface area contributed by atoms with E-state index in [9.17, 15) is 0 Å². The summed E-state index contributed by atoms with van der Waals surface area (Å²) in [5.41, 5.74) is 0.890. The molecule has 1 spiro atoms. The maximum atomic E-state index is 5.94. The molecule has 2 heteroatoms. The monoisotopic (exact) mass is 210 g/mol. The highest BCUT2D eigenvalue weighted by atomic mass is 16.7. The first-order valence-corrected chi connectivity index (χ1v) is 6.21. The molecule has 1 heterocycles. The minimum absolute atomic E-state index is 0.233. The lowest BCUT2D eigenvalue weighted by Gasteiger charge is -2.34. The van der Waals surface area contributed by atoms with Gasteiger partial charge in [-0.05, 0) is 29.6 Å². The van der Waals surface area contributed by atoms with Crippen LogP contribution in [0.15, 0.2) is 0 Å². The summed E-state index contributed by atoms with van der Waals surface area (Å²) >= 11 is 0. The zero-order valence-electron chi connectivity index (χ0n) is 10.1. The maximum absolute atomic E-state index is 5.94. The van der Waals surface area contributed by atoms with Crippen LogP contribution in [0.1, 0.15) is 46.5 Å². The Morgan fingerprint density at radius 3 is 2.27 bits per heavy atom. The predicted octanol–water partition coefficient (Wildman–Crippen LogP) is 2.97. The van der Waals surface area contributed by atoms with Crippen LogP contribution in [0.3, 0.4) is 0 Å². The second-order valence-electron chi connectivity index (χ2n) is 6.88. The lowest BCUT2D eigenvalue weighted by atomic mass is 9.81. The molecule has 0 aromatic carbocycles. The van der Waals surface area contributed by atoms with E-state index in [-0.39, 0.29) is 5.79 Å². The van der Waals surface area contributed by atoms with Gasteiger partial charge in [0.15, 0.2) is 5.79 Å². The van der Waals surface area contributed by atoms with Crippen molar-refractivity contribution in [2.24, 2.45) is 16.7 Å². The largest absolute Gasteiger partial charge is 0.347 e. The van der Waals surface area contributed by atoms with Gasteiger partial charge in [0.2, 0.25) is 0 Å². The Morgan fingerprint density at radius 1 is 0.933 bits per heavy atom. The Morgan fingerprint density at radius 2 is 1.60 bits per heavy atom. The average molecular weight is 210 g/mol. The first kappa shape index (κ1) is 10.1. The van der Waals surface area contributed by atoms with Gasteiger partial charge in [0, 0.05) is 12.8 Å². The first-order valence-electron chi connectivity index (χ1n) is 6.21. The molecule has 2 aliphatic carbocycles. The van der Waals surface area contributed by atoms with E-state index in [1.54, 1.807) is 0 Å². The summed E-state index contributed by atoms with van der Waals surface area (Å²) in [6.07, 6.45) is 4.92. The smallest absolute Gasteiger partial charge is 0.169 e. The third-order valence-corrected chi connectivity index (χ3v) is 4.57. The average Bonchev–Trinajstić information content (AvgIpc) is 2.55. The molecule has 2 nitrogen and oxygen atoms in total. The quantitative estimate of drug-likeness (QED) is 0.612. The Bertz CT molecular complexity index is 274. The van der Waals surface area contributed by atoms with Crippen molar-refractivity contribution in [1.82, 2.24) is 0 Å². The Balaban J connectivity index is 1.89. The molecular formula is C13H22O2. The number of ether oxygens (including phenoxy) is 2. The van der Waals surface area contributed by atoms with Crippen molar-refractivity contribution in [2.45, 2.75) is 52.2 Å². The molecule has 0 bridgehead atoms. The molecule has 2 atom stereocenters. The zero-order valence-corrected chi connectivity index (χ0v) is 10.1. The summed E-state index contributed by atoms with van der Waals surface area (Å²) in [5.74, 6) is 0.684. The molecule has 1 aliphatic heterocycles. The van der Waals surface area contributed by atoms with Crippen LogP contribution < -0.4 is 0 Å². The van der Waals surface area contributed by atoms with Crippen molar-refractivity contribution in [3.63, 3.8) is 0 Å². The van der Waals surface area contributed by atoms with Crippen LogP contribution in [-0.4, -0.2) is 19.0 Å². The molecule has 0 aromatic heterocycles. The van der Waals surface area contributed by atoms with Crippen LogP contribution in [0.2, 0.25) is 0 Å². The van der Waals surface area contributed by atoms with Crippen LogP contribution >= 0.6 is 0 Å². The molecule has 15 heavy (non-hydrogen) atoms. The normalized spacial score (nSPS) is 46.2. The van der Waals surface area contributed by atoms with Gasteiger partial charge in [0.1, 0.15) is 0 Å². The van der Waals surface area contributed by atoms with Gasteiger partial charge in [-0.3, -0.25) is 0 Å². The predicted molar refractivity (Wildman–Crippen MR) is 58.5 cm³/mol. The van der Waals surface area contributed by atoms with Gasteiger partial charge in [-0.15, -0.1) is 0 Å². The number of hydrogen-bond acceptors (Lipinski definition) is 2. The number of hydrogen-bond donors (Lipinski definition) is 0. The van der Waals surface area contributed by atoms with E-state index >= 15 is 0 Å². The minimum atomic E-state index is -0.233. The van der Waals surface area contributed by atoms with E-state index in [1.165, 1.54) is 12.8 Å². The molecule has 0 radical (unpaired) electrons. The summed E-state index contributed by atoms with van der Waals surface area (Å²) in [4.78, 5) is 0. The number of rotatable bonds is 0. The van der Waals surface area contributed by atoms with Crippen LogP contribution in [-0.2, 0) is 9.47 Å². The Kier molecular flexibility index (Phi) is 1.87. The van der Waals surface area contributed by atoms with Crippen molar-refractivity contribution in [3.8, 4) is 0 Å². The van der Waals surface area contributed by atoms with Gasteiger partial charge in [-0.1, -0.05) is 20.8 Å². The van der Waals surface area contributed by atoms with E-state index in [0.717, 1.165) is 32.0 Å². The van der Waals surface area contributed by atoms with Crippen LogP contribution in [0.5, 0.6) is 0 Å². The Hall–Kier alpha value is -0.0800. The van der Waals surface area contributed by atoms with Gasteiger partial charge in [-0.2, -0.15) is 0 Å². The SMILES string of the molecule is CC1(C)CC2CC2(C)CC2(C1)OCCO2.